The Bertz CT molecular complexity index is 513. The number of alkyl halides is 1. The van der Waals surface area contributed by atoms with E-state index in [0.29, 0.717) is 17.0 Å². The average molecular weight is 325 g/mol. The van der Waals surface area contributed by atoms with Crippen molar-refractivity contribution in [3.05, 3.63) is 23.8 Å². The van der Waals surface area contributed by atoms with Crippen LogP contribution in [0.3, 0.4) is 0 Å². The van der Waals surface area contributed by atoms with Gasteiger partial charge in [0.25, 0.3) is 0 Å². The fraction of sp³-hybridized carbons (Fsp3) is 0.429. The van der Waals surface area contributed by atoms with Gasteiger partial charge in [-0.25, -0.2) is 0 Å². The molecular formula is C14H17BrN2O2. The number of hydrogen-bond acceptors (Lipinski definition) is 3. The Balaban J connectivity index is 2.95. The Morgan fingerprint density at radius 3 is 2.58 bits per heavy atom. The van der Waals surface area contributed by atoms with E-state index in [0.717, 1.165) is 0 Å². The Morgan fingerprint density at radius 2 is 2.11 bits per heavy atom. The van der Waals surface area contributed by atoms with Crippen molar-refractivity contribution in [3.63, 3.8) is 0 Å². The first kappa shape index (κ1) is 15.5. The van der Waals surface area contributed by atoms with Gasteiger partial charge in [-0.15, -0.1) is 0 Å². The number of halogens is 1. The van der Waals surface area contributed by atoms with E-state index in [2.05, 4.69) is 27.3 Å². The van der Waals surface area contributed by atoms with Crippen LogP contribution in [0.15, 0.2) is 18.2 Å². The summed E-state index contributed by atoms with van der Waals surface area (Å²) < 4.78 is 4.86. The summed E-state index contributed by atoms with van der Waals surface area (Å²) in [5, 5.41) is 11.8. The average Bonchev–Trinajstić information content (AvgIpc) is 2.29. The predicted octanol–water partition coefficient (Wildman–Crippen LogP) is 3.46. The van der Waals surface area contributed by atoms with Crippen molar-refractivity contribution in [3.8, 4) is 11.8 Å². The topological polar surface area (TPSA) is 62.1 Å². The van der Waals surface area contributed by atoms with Crippen LogP contribution in [0.2, 0.25) is 0 Å². The molecule has 0 bridgehead atoms. The fourth-order valence-corrected chi connectivity index (χ4v) is 1.43. The number of ether oxygens (including phenoxy) is 1. The molecule has 102 valence electrons. The number of nitrogens with one attached hydrogen (secondary N) is 1. The summed E-state index contributed by atoms with van der Waals surface area (Å²) in [6.07, 6.45) is -0.00554. The van der Waals surface area contributed by atoms with Crippen LogP contribution in [0.5, 0.6) is 5.75 Å². The molecule has 0 atom stereocenters. The van der Waals surface area contributed by atoms with Gasteiger partial charge in [0.2, 0.25) is 5.91 Å². The smallest absolute Gasteiger partial charge is 0.240 e. The molecule has 0 spiro atoms. The number of benzene rings is 1. The molecule has 1 rings (SSSR count). The lowest BCUT2D eigenvalue weighted by molar-refractivity contribution is -0.117. The van der Waals surface area contributed by atoms with E-state index in [-0.39, 0.29) is 12.0 Å². The summed E-state index contributed by atoms with van der Waals surface area (Å²) in [6.45, 7) is 7.29. The third kappa shape index (κ3) is 4.56. The molecule has 0 saturated heterocycles. The van der Waals surface area contributed by atoms with Crippen LogP contribution in [-0.4, -0.2) is 16.3 Å². The van der Waals surface area contributed by atoms with Gasteiger partial charge in [-0.2, -0.15) is 5.26 Å². The molecule has 0 fully saturated rings. The third-order valence-electron chi connectivity index (χ3n) is 2.26. The fourth-order valence-electron chi connectivity index (χ4n) is 1.33. The normalized spacial score (nSPS) is 11.0. The Kier molecular flexibility index (Phi) is 4.96. The van der Waals surface area contributed by atoms with Crippen LogP contribution in [0, 0.1) is 11.3 Å². The van der Waals surface area contributed by atoms with E-state index in [1.54, 1.807) is 32.0 Å². The van der Waals surface area contributed by atoms with Crippen LogP contribution in [-0.2, 0) is 4.79 Å². The van der Waals surface area contributed by atoms with Crippen molar-refractivity contribution in [1.29, 1.82) is 5.26 Å². The predicted molar refractivity (Wildman–Crippen MR) is 78.6 cm³/mol. The molecule has 0 aromatic heterocycles. The Morgan fingerprint density at radius 1 is 1.47 bits per heavy atom. The van der Waals surface area contributed by atoms with Crippen LogP contribution in [0.25, 0.3) is 0 Å². The minimum absolute atomic E-state index is 0.00554. The summed E-state index contributed by atoms with van der Waals surface area (Å²) >= 11 is 3.28. The number of hydrogen-bond donors (Lipinski definition) is 1. The molecule has 19 heavy (non-hydrogen) atoms. The van der Waals surface area contributed by atoms with E-state index in [1.807, 2.05) is 13.8 Å². The molecule has 1 aromatic carbocycles. The minimum atomic E-state index is -0.660. The first-order valence-electron chi connectivity index (χ1n) is 5.95. The van der Waals surface area contributed by atoms with Crippen LogP contribution in [0.4, 0.5) is 5.69 Å². The maximum absolute atomic E-state index is 11.8. The van der Waals surface area contributed by atoms with Crippen molar-refractivity contribution in [2.45, 2.75) is 38.1 Å². The van der Waals surface area contributed by atoms with Crippen molar-refractivity contribution >= 4 is 27.5 Å². The van der Waals surface area contributed by atoms with Gasteiger partial charge in [-0.3, -0.25) is 4.79 Å². The van der Waals surface area contributed by atoms with Gasteiger partial charge in [-0.1, -0.05) is 15.9 Å². The standard InChI is InChI=1S/C14H17BrN2O2/c1-9(2)19-12-6-5-11(7-10(12)8-16)17-13(18)14(3,4)15/h5-7,9H,1-4H3,(H,17,18). The van der Waals surface area contributed by atoms with Crippen molar-refractivity contribution in [1.82, 2.24) is 0 Å². The second-order valence-electron chi connectivity index (χ2n) is 4.92. The number of carbonyl (C=O) groups excluding carboxylic acids is 1. The summed E-state index contributed by atoms with van der Waals surface area (Å²) in [4.78, 5) is 11.8. The van der Waals surface area contributed by atoms with Gasteiger partial charge in [0.15, 0.2) is 0 Å². The molecule has 1 N–H and O–H groups in total. The molecule has 0 aliphatic heterocycles. The Labute approximate surface area is 121 Å². The molecular weight excluding hydrogens is 308 g/mol. The lowest BCUT2D eigenvalue weighted by atomic mass is 10.1. The number of anilines is 1. The number of nitriles is 1. The number of amides is 1. The molecule has 1 aromatic rings. The largest absolute Gasteiger partial charge is 0.490 e. The minimum Gasteiger partial charge on any atom is -0.490 e. The quantitative estimate of drug-likeness (QED) is 0.863. The molecule has 0 unspecified atom stereocenters. The van der Waals surface area contributed by atoms with Crippen LogP contribution >= 0.6 is 15.9 Å². The highest BCUT2D eigenvalue weighted by atomic mass is 79.9. The number of rotatable bonds is 4. The van der Waals surface area contributed by atoms with E-state index < -0.39 is 4.32 Å². The lowest BCUT2D eigenvalue weighted by Crippen LogP contribution is -2.30. The molecule has 4 nitrogen and oxygen atoms in total. The van der Waals surface area contributed by atoms with E-state index in [4.69, 9.17) is 10.00 Å². The summed E-state index contributed by atoms with van der Waals surface area (Å²) in [6, 6.07) is 7.08. The molecule has 1 amide bonds. The van der Waals surface area contributed by atoms with Crippen molar-refractivity contribution in [2.24, 2.45) is 0 Å². The van der Waals surface area contributed by atoms with E-state index >= 15 is 0 Å². The molecule has 0 aliphatic carbocycles. The second kappa shape index (κ2) is 6.07. The van der Waals surface area contributed by atoms with Gasteiger partial charge in [0.05, 0.1) is 16.0 Å². The SMILES string of the molecule is CC(C)Oc1ccc(NC(=O)C(C)(C)Br)cc1C#N. The highest BCUT2D eigenvalue weighted by Crippen LogP contribution is 2.25. The molecule has 5 heteroatoms. The van der Waals surface area contributed by atoms with E-state index in [1.165, 1.54) is 0 Å². The van der Waals surface area contributed by atoms with E-state index in [9.17, 15) is 4.79 Å². The summed E-state index contributed by atoms with van der Waals surface area (Å²) in [5.74, 6) is 0.350. The van der Waals surface area contributed by atoms with Gasteiger partial charge >= 0.3 is 0 Å². The molecule has 0 aliphatic rings. The maximum Gasteiger partial charge on any atom is 0.240 e. The lowest BCUT2D eigenvalue weighted by Gasteiger charge is -2.17. The maximum atomic E-state index is 11.8. The van der Waals surface area contributed by atoms with Crippen molar-refractivity contribution in [2.75, 3.05) is 5.32 Å². The molecule has 0 saturated carbocycles. The van der Waals surface area contributed by atoms with Gasteiger partial charge < -0.3 is 10.1 Å². The number of nitrogens with zero attached hydrogens (tertiary/aromatic N) is 1. The van der Waals surface area contributed by atoms with Gasteiger partial charge in [0, 0.05) is 5.69 Å². The molecule has 0 heterocycles. The number of carbonyl (C=O) groups is 1. The Hall–Kier alpha value is -1.54. The highest BCUT2D eigenvalue weighted by molar-refractivity contribution is 9.10. The van der Waals surface area contributed by atoms with Crippen molar-refractivity contribution < 1.29 is 9.53 Å². The van der Waals surface area contributed by atoms with Gasteiger partial charge in [-0.05, 0) is 45.9 Å². The zero-order valence-electron chi connectivity index (χ0n) is 11.5. The first-order chi connectivity index (χ1) is 8.74. The van der Waals surface area contributed by atoms with Crippen LogP contribution in [0.1, 0.15) is 33.3 Å². The third-order valence-corrected chi connectivity index (χ3v) is 2.62. The zero-order chi connectivity index (χ0) is 14.6. The van der Waals surface area contributed by atoms with Gasteiger partial charge in [0.1, 0.15) is 11.8 Å². The summed E-state index contributed by atoms with van der Waals surface area (Å²) in [7, 11) is 0. The monoisotopic (exact) mass is 324 g/mol. The second-order valence-corrected chi connectivity index (χ2v) is 6.90. The highest BCUT2D eigenvalue weighted by Gasteiger charge is 2.23. The zero-order valence-corrected chi connectivity index (χ0v) is 13.0. The van der Waals surface area contributed by atoms with Crippen LogP contribution < -0.4 is 10.1 Å². The molecule has 0 radical (unpaired) electrons. The summed E-state index contributed by atoms with van der Waals surface area (Å²) in [5.41, 5.74) is 0.976. The first-order valence-corrected chi connectivity index (χ1v) is 6.74.